The number of hydrogen-bond donors (Lipinski definition) is 1. The van der Waals surface area contributed by atoms with E-state index in [1.807, 2.05) is 13.0 Å². The Morgan fingerprint density at radius 3 is 2.67 bits per heavy atom. The lowest BCUT2D eigenvalue weighted by molar-refractivity contribution is 0.403. The van der Waals surface area contributed by atoms with Crippen LogP contribution < -0.4 is 9.88 Å². The predicted octanol–water partition coefficient (Wildman–Crippen LogP) is 3.37. The Kier molecular flexibility index (Phi) is 4.25. The first-order valence-electron chi connectivity index (χ1n) is 7.14. The lowest BCUT2D eigenvalue weighted by Gasteiger charge is -2.13. The number of rotatable bonds is 4. The van der Waals surface area contributed by atoms with Crippen LogP contribution in [0.2, 0.25) is 5.02 Å². The third-order valence-corrected chi connectivity index (χ3v) is 4.87. The van der Waals surface area contributed by atoms with Crippen LogP contribution in [0.1, 0.15) is 12.5 Å². The first kappa shape index (κ1) is 16.8. The van der Waals surface area contributed by atoms with Gasteiger partial charge in [0.1, 0.15) is 16.3 Å². The van der Waals surface area contributed by atoms with Gasteiger partial charge in [-0.25, -0.2) is 13.6 Å². The highest BCUT2D eigenvalue weighted by Gasteiger charge is 2.23. The monoisotopic (exact) mass is 366 g/mol. The van der Waals surface area contributed by atoms with Crippen LogP contribution in [0.3, 0.4) is 0 Å². The Morgan fingerprint density at radius 1 is 1.29 bits per heavy atom. The minimum absolute atomic E-state index is 0.0856. The summed E-state index contributed by atoms with van der Waals surface area (Å²) in [5, 5.41) is 10.6. The predicted molar refractivity (Wildman–Crippen MR) is 91.8 cm³/mol. The topological polar surface area (TPSA) is 95.4 Å². The van der Waals surface area contributed by atoms with Gasteiger partial charge < -0.3 is 9.26 Å². The molecule has 3 aromatic rings. The van der Waals surface area contributed by atoms with Crippen LogP contribution in [0.25, 0.3) is 22.2 Å². The summed E-state index contributed by atoms with van der Waals surface area (Å²) in [5.41, 5.74) is 2.26. The third-order valence-electron chi connectivity index (χ3n) is 3.72. The summed E-state index contributed by atoms with van der Waals surface area (Å²) >= 11 is 6.05. The summed E-state index contributed by atoms with van der Waals surface area (Å²) in [5.74, 6) is 0.130. The van der Waals surface area contributed by atoms with Crippen molar-refractivity contribution in [2.45, 2.75) is 18.2 Å². The minimum Gasteiger partial charge on any atom is -0.495 e. The standard InChI is InChI=1S/C16H15ClN2O4S/c1-3-9-6-12(16(22-2)14(7-9)24(18,20)21)15-11-8-10(17)4-5-13(11)23-19-15/h4-8H,3H2,1-2H3,(H2,18,20,21). The molecule has 0 aliphatic carbocycles. The molecule has 1 aromatic heterocycles. The summed E-state index contributed by atoms with van der Waals surface area (Å²) in [4.78, 5) is -0.0856. The lowest BCUT2D eigenvalue weighted by atomic mass is 10.0. The van der Waals surface area contributed by atoms with Gasteiger partial charge in [-0.2, -0.15) is 0 Å². The van der Waals surface area contributed by atoms with Gasteiger partial charge >= 0.3 is 0 Å². The van der Waals surface area contributed by atoms with E-state index < -0.39 is 10.0 Å². The molecule has 0 aliphatic rings. The number of ether oxygens (including phenoxy) is 1. The van der Waals surface area contributed by atoms with Crippen LogP contribution in [-0.2, 0) is 16.4 Å². The Morgan fingerprint density at radius 2 is 2.04 bits per heavy atom. The number of methoxy groups -OCH3 is 1. The zero-order valence-electron chi connectivity index (χ0n) is 13.0. The van der Waals surface area contributed by atoms with Crippen molar-refractivity contribution in [3.05, 3.63) is 40.9 Å². The quantitative estimate of drug-likeness (QED) is 0.763. The van der Waals surface area contributed by atoms with Crippen LogP contribution in [-0.4, -0.2) is 20.7 Å². The normalized spacial score (nSPS) is 11.8. The van der Waals surface area contributed by atoms with E-state index in [9.17, 15) is 8.42 Å². The van der Waals surface area contributed by atoms with E-state index in [-0.39, 0.29) is 10.6 Å². The molecule has 1 heterocycles. The van der Waals surface area contributed by atoms with E-state index in [0.717, 1.165) is 5.56 Å². The molecule has 2 N–H and O–H groups in total. The van der Waals surface area contributed by atoms with Gasteiger partial charge in [0.2, 0.25) is 10.0 Å². The largest absolute Gasteiger partial charge is 0.495 e. The second-order valence-corrected chi connectivity index (χ2v) is 7.21. The van der Waals surface area contributed by atoms with Gasteiger partial charge in [-0.05, 0) is 42.3 Å². The van der Waals surface area contributed by atoms with Crippen LogP contribution in [0.5, 0.6) is 5.75 Å². The summed E-state index contributed by atoms with van der Waals surface area (Å²) in [6.07, 6.45) is 0.621. The van der Waals surface area contributed by atoms with E-state index in [2.05, 4.69) is 5.16 Å². The van der Waals surface area contributed by atoms with E-state index in [4.69, 9.17) is 26.0 Å². The summed E-state index contributed by atoms with van der Waals surface area (Å²) in [7, 11) is -2.58. The van der Waals surface area contributed by atoms with Crippen molar-refractivity contribution < 1.29 is 17.7 Å². The third kappa shape index (κ3) is 2.86. The maximum atomic E-state index is 12.0. The second kappa shape index (κ2) is 6.08. The smallest absolute Gasteiger partial charge is 0.241 e. The van der Waals surface area contributed by atoms with Crippen molar-refractivity contribution in [3.8, 4) is 17.0 Å². The second-order valence-electron chi connectivity index (χ2n) is 5.24. The average Bonchev–Trinajstić information content (AvgIpc) is 2.95. The number of hydrogen-bond acceptors (Lipinski definition) is 5. The fourth-order valence-corrected chi connectivity index (χ4v) is 3.51. The van der Waals surface area contributed by atoms with Gasteiger partial charge in [0.15, 0.2) is 5.58 Å². The Labute approximate surface area is 144 Å². The highest BCUT2D eigenvalue weighted by atomic mass is 35.5. The van der Waals surface area contributed by atoms with E-state index >= 15 is 0 Å². The molecule has 0 amide bonds. The Bertz CT molecular complexity index is 1030. The highest BCUT2D eigenvalue weighted by molar-refractivity contribution is 7.89. The Balaban J connectivity index is 2.39. The molecule has 0 aliphatic heterocycles. The van der Waals surface area contributed by atoms with Crippen molar-refractivity contribution in [2.24, 2.45) is 5.14 Å². The van der Waals surface area contributed by atoms with E-state index in [0.29, 0.717) is 33.7 Å². The summed E-state index contributed by atoms with van der Waals surface area (Å²) < 4.78 is 34.5. The molecule has 0 unspecified atom stereocenters. The molecular formula is C16H15ClN2O4S. The van der Waals surface area contributed by atoms with Gasteiger partial charge in [0.05, 0.1) is 12.5 Å². The molecule has 126 valence electrons. The number of primary sulfonamides is 1. The number of halogens is 1. The fraction of sp³-hybridized carbons (Fsp3) is 0.188. The molecule has 0 bridgehead atoms. The molecular weight excluding hydrogens is 352 g/mol. The van der Waals surface area contributed by atoms with Crippen molar-refractivity contribution >= 4 is 32.6 Å². The van der Waals surface area contributed by atoms with Crippen LogP contribution in [0.15, 0.2) is 39.8 Å². The van der Waals surface area contributed by atoms with Gasteiger partial charge in [-0.15, -0.1) is 0 Å². The number of nitrogens with two attached hydrogens (primary N) is 1. The van der Waals surface area contributed by atoms with Gasteiger partial charge in [0.25, 0.3) is 0 Å². The van der Waals surface area contributed by atoms with Crippen molar-refractivity contribution in [1.82, 2.24) is 5.16 Å². The molecule has 8 heteroatoms. The maximum absolute atomic E-state index is 12.0. The molecule has 6 nitrogen and oxygen atoms in total. The maximum Gasteiger partial charge on any atom is 0.241 e. The number of aromatic nitrogens is 1. The van der Waals surface area contributed by atoms with Crippen molar-refractivity contribution in [2.75, 3.05) is 7.11 Å². The van der Waals surface area contributed by atoms with Gasteiger partial charge in [-0.3, -0.25) is 0 Å². The van der Waals surface area contributed by atoms with Crippen molar-refractivity contribution in [1.29, 1.82) is 0 Å². The number of benzene rings is 2. The first-order valence-corrected chi connectivity index (χ1v) is 9.06. The molecule has 0 saturated heterocycles. The van der Waals surface area contributed by atoms with E-state index in [1.54, 1.807) is 18.2 Å². The van der Waals surface area contributed by atoms with Crippen molar-refractivity contribution in [3.63, 3.8) is 0 Å². The molecule has 2 aromatic carbocycles. The molecule has 0 saturated carbocycles. The molecule has 0 atom stereocenters. The summed E-state index contributed by atoms with van der Waals surface area (Å²) in [6, 6.07) is 8.41. The van der Waals surface area contributed by atoms with Gasteiger partial charge in [0, 0.05) is 10.6 Å². The zero-order valence-corrected chi connectivity index (χ0v) is 14.6. The first-order chi connectivity index (χ1) is 11.3. The molecule has 3 rings (SSSR count). The highest BCUT2D eigenvalue weighted by Crippen LogP contribution is 2.39. The average molecular weight is 367 g/mol. The number of fused-ring (bicyclic) bond motifs is 1. The van der Waals surface area contributed by atoms with Crippen LogP contribution in [0, 0.1) is 0 Å². The van der Waals surface area contributed by atoms with Crippen LogP contribution in [0.4, 0.5) is 0 Å². The lowest BCUT2D eigenvalue weighted by Crippen LogP contribution is -2.14. The SMILES string of the molecule is CCc1cc(-c2noc3ccc(Cl)cc23)c(OC)c(S(N)(=O)=O)c1. The van der Waals surface area contributed by atoms with E-state index in [1.165, 1.54) is 13.2 Å². The minimum atomic E-state index is -3.96. The molecule has 24 heavy (non-hydrogen) atoms. The number of aryl methyl sites for hydroxylation is 1. The summed E-state index contributed by atoms with van der Waals surface area (Å²) in [6.45, 7) is 1.91. The zero-order chi connectivity index (χ0) is 17.5. The number of nitrogens with zero attached hydrogens (tertiary/aromatic N) is 1. The number of sulfonamides is 1. The fourth-order valence-electron chi connectivity index (χ4n) is 2.57. The Hall–Kier alpha value is -2.09. The molecule has 0 spiro atoms. The van der Waals surface area contributed by atoms with Crippen LogP contribution >= 0.6 is 11.6 Å². The molecule has 0 fully saturated rings. The molecule has 0 radical (unpaired) electrons. The van der Waals surface area contributed by atoms with Gasteiger partial charge in [-0.1, -0.05) is 23.7 Å².